The molecule has 0 saturated carbocycles. The van der Waals surface area contributed by atoms with Crippen molar-refractivity contribution in [2.45, 2.75) is 40.2 Å². The molecule has 0 bridgehead atoms. The van der Waals surface area contributed by atoms with Gasteiger partial charge in [-0.2, -0.15) is 0 Å². The summed E-state index contributed by atoms with van der Waals surface area (Å²) in [4.78, 5) is 28.9. The molecule has 1 rings (SSSR count). The number of ether oxygens (including phenoxy) is 1. The maximum Gasteiger partial charge on any atom is 0.305 e. The van der Waals surface area contributed by atoms with Crippen LogP contribution < -0.4 is 4.74 Å². The zero-order valence-electron chi connectivity index (χ0n) is 13.6. The first-order chi connectivity index (χ1) is 10.3. The Morgan fingerprint density at radius 2 is 1.95 bits per heavy atom. The van der Waals surface area contributed by atoms with Crippen LogP contribution in [0.2, 0.25) is 0 Å². The van der Waals surface area contributed by atoms with Gasteiger partial charge in [0.2, 0.25) is 5.88 Å². The molecule has 0 spiro atoms. The van der Waals surface area contributed by atoms with Crippen molar-refractivity contribution >= 4 is 11.9 Å². The Balaban J connectivity index is 2.81. The molecule has 0 aliphatic heterocycles. The van der Waals surface area contributed by atoms with Crippen molar-refractivity contribution < 1.29 is 19.4 Å². The van der Waals surface area contributed by atoms with E-state index >= 15 is 0 Å². The number of rotatable bonds is 8. The maximum absolute atomic E-state index is 12.5. The monoisotopic (exact) mass is 308 g/mol. The number of amides is 1. The molecule has 0 saturated heterocycles. The van der Waals surface area contributed by atoms with Crippen molar-refractivity contribution in [2.75, 3.05) is 13.1 Å². The standard InChI is InChI=1S/C16H24N2O4/c1-11(2)10-18(8-7-15(19)20)16(21)13-5-6-14(17-9-13)22-12(3)4/h5-6,9,11-12H,7-8,10H2,1-4H3,(H,19,20). The third-order valence-electron chi connectivity index (χ3n) is 2.81. The summed E-state index contributed by atoms with van der Waals surface area (Å²) < 4.78 is 5.44. The van der Waals surface area contributed by atoms with Gasteiger partial charge in [0.15, 0.2) is 0 Å². The Morgan fingerprint density at radius 1 is 1.27 bits per heavy atom. The van der Waals surface area contributed by atoms with E-state index in [1.807, 2.05) is 27.7 Å². The van der Waals surface area contributed by atoms with Crippen LogP contribution in [0.3, 0.4) is 0 Å². The first kappa shape index (κ1) is 17.9. The molecule has 0 radical (unpaired) electrons. The first-order valence-corrected chi connectivity index (χ1v) is 7.43. The van der Waals surface area contributed by atoms with Crippen molar-refractivity contribution in [3.8, 4) is 5.88 Å². The van der Waals surface area contributed by atoms with Gasteiger partial charge in [0.05, 0.1) is 18.1 Å². The van der Waals surface area contributed by atoms with E-state index in [9.17, 15) is 9.59 Å². The lowest BCUT2D eigenvalue weighted by atomic mass is 10.1. The number of carboxylic acid groups (broad SMARTS) is 1. The van der Waals surface area contributed by atoms with Crippen molar-refractivity contribution in [1.29, 1.82) is 0 Å². The smallest absolute Gasteiger partial charge is 0.305 e. The minimum atomic E-state index is -0.916. The number of aliphatic carboxylic acids is 1. The first-order valence-electron chi connectivity index (χ1n) is 7.43. The van der Waals surface area contributed by atoms with Crippen LogP contribution in [0, 0.1) is 5.92 Å². The molecule has 0 aromatic carbocycles. The lowest BCUT2D eigenvalue weighted by molar-refractivity contribution is -0.137. The van der Waals surface area contributed by atoms with E-state index in [1.54, 1.807) is 17.0 Å². The van der Waals surface area contributed by atoms with E-state index in [0.29, 0.717) is 18.0 Å². The number of nitrogens with zero attached hydrogens (tertiary/aromatic N) is 2. The molecule has 6 heteroatoms. The van der Waals surface area contributed by atoms with E-state index in [2.05, 4.69) is 4.98 Å². The molecule has 1 amide bonds. The fraction of sp³-hybridized carbons (Fsp3) is 0.562. The second-order valence-electron chi connectivity index (χ2n) is 5.84. The van der Waals surface area contributed by atoms with Crippen LogP contribution in [0.1, 0.15) is 44.5 Å². The van der Waals surface area contributed by atoms with Gasteiger partial charge in [-0.15, -0.1) is 0 Å². The predicted octanol–water partition coefficient (Wildman–Crippen LogP) is 2.44. The van der Waals surface area contributed by atoms with Crippen LogP contribution in [-0.2, 0) is 4.79 Å². The van der Waals surface area contributed by atoms with Crippen molar-refractivity contribution in [1.82, 2.24) is 9.88 Å². The average molecular weight is 308 g/mol. The van der Waals surface area contributed by atoms with E-state index in [0.717, 1.165) is 0 Å². The molecule has 1 aromatic rings. The van der Waals surface area contributed by atoms with Gasteiger partial charge < -0.3 is 14.7 Å². The van der Waals surface area contributed by atoms with Crippen molar-refractivity contribution in [2.24, 2.45) is 5.92 Å². The average Bonchev–Trinajstić information content (AvgIpc) is 2.42. The van der Waals surface area contributed by atoms with Crippen LogP contribution in [0.4, 0.5) is 0 Å². The van der Waals surface area contributed by atoms with Crippen LogP contribution in [0.5, 0.6) is 5.88 Å². The number of aromatic nitrogens is 1. The lowest BCUT2D eigenvalue weighted by Crippen LogP contribution is -2.36. The summed E-state index contributed by atoms with van der Waals surface area (Å²) >= 11 is 0. The Hall–Kier alpha value is -2.11. The lowest BCUT2D eigenvalue weighted by Gasteiger charge is -2.24. The molecule has 122 valence electrons. The van der Waals surface area contributed by atoms with Crippen LogP contribution >= 0.6 is 0 Å². The Morgan fingerprint density at radius 3 is 2.41 bits per heavy atom. The summed E-state index contributed by atoms with van der Waals surface area (Å²) in [5.41, 5.74) is 0.433. The minimum absolute atomic E-state index is 0.0158. The van der Waals surface area contributed by atoms with Crippen molar-refractivity contribution in [3.05, 3.63) is 23.9 Å². The fourth-order valence-electron chi connectivity index (χ4n) is 1.95. The predicted molar refractivity (Wildman–Crippen MR) is 83.0 cm³/mol. The molecule has 0 aliphatic rings. The number of hydrogen-bond acceptors (Lipinski definition) is 4. The summed E-state index contributed by atoms with van der Waals surface area (Å²) in [6.07, 6.45) is 1.41. The fourth-order valence-corrected chi connectivity index (χ4v) is 1.95. The topological polar surface area (TPSA) is 79.7 Å². The van der Waals surface area contributed by atoms with Crippen LogP contribution in [0.15, 0.2) is 18.3 Å². The maximum atomic E-state index is 12.5. The summed E-state index contributed by atoms with van der Waals surface area (Å²) in [5, 5.41) is 8.80. The SMILES string of the molecule is CC(C)CN(CCC(=O)O)C(=O)c1ccc(OC(C)C)nc1. The second kappa shape index (κ2) is 8.36. The Kier molecular flexibility index (Phi) is 6.82. The number of carbonyl (C=O) groups excluding carboxylic acids is 1. The van der Waals surface area contributed by atoms with Gasteiger partial charge in [-0.3, -0.25) is 9.59 Å². The zero-order chi connectivity index (χ0) is 16.7. The largest absolute Gasteiger partial charge is 0.481 e. The minimum Gasteiger partial charge on any atom is -0.481 e. The highest BCUT2D eigenvalue weighted by Crippen LogP contribution is 2.13. The molecule has 6 nitrogen and oxygen atoms in total. The second-order valence-corrected chi connectivity index (χ2v) is 5.84. The molecule has 1 N–H and O–H groups in total. The number of carboxylic acids is 1. The summed E-state index contributed by atoms with van der Waals surface area (Å²) in [5.74, 6) is -0.402. The van der Waals surface area contributed by atoms with Gasteiger partial charge in [0, 0.05) is 25.4 Å². The third-order valence-corrected chi connectivity index (χ3v) is 2.81. The quantitative estimate of drug-likeness (QED) is 0.798. The molecule has 0 fully saturated rings. The molecule has 1 aromatic heterocycles. The van der Waals surface area contributed by atoms with Gasteiger partial charge in [-0.05, 0) is 25.8 Å². The van der Waals surface area contributed by atoms with Crippen molar-refractivity contribution in [3.63, 3.8) is 0 Å². The number of pyridine rings is 1. The highest BCUT2D eigenvalue weighted by atomic mass is 16.5. The van der Waals surface area contributed by atoms with Crippen LogP contribution in [0.25, 0.3) is 0 Å². The Labute approximate surface area is 131 Å². The molecule has 0 aliphatic carbocycles. The molecule has 1 heterocycles. The van der Waals surface area contributed by atoms with Gasteiger partial charge in [-0.25, -0.2) is 4.98 Å². The Bertz CT molecular complexity index is 497. The number of hydrogen-bond donors (Lipinski definition) is 1. The van der Waals surface area contributed by atoms with E-state index < -0.39 is 5.97 Å². The molecule has 22 heavy (non-hydrogen) atoms. The van der Waals surface area contributed by atoms with E-state index in [-0.39, 0.29) is 30.9 Å². The highest BCUT2D eigenvalue weighted by molar-refractivity contribution is 5.94. The molecular formula is C16H24N2O4. The summed E-state index contributed by atoms with van der Waals surface area (Å²) in [6.45, 7) is 8.47. The van der Waals surface area contributed by atoms with E-state index in [4.69, 9.17) is 9.84 Å². The van der Waals surface area contributed by atoms with Gasteiger partial charge in [0.1, 0.15) is 0 Å². The molecule has 0 unspecified atom stereocenters. The number of carbonyl (C=O) groups is 2. The van der Waals surface area contributed by atoms with E-state index in [1.165, 1.54) is 6.20 Å². The highest BCUT2D eigenvalue weighted by Gasteiger charge is 2.18. The zero-order valence-corrected chi connectivity index (χ0v) is 13.6. The molecular weight excluding hydrogens is 284 g/mol. The van der Waals surface area contributed by atoms with Gasteiger partial charge >= 0.3 is 5.97 Å². The van der Waals surface area contributed by atoms with Gasteiger partial charge in [0.25, 0.3) is 5.91 Å². The normalized spacial score (nSPS) is 10.8. The molecule has 0 atom stereocenters. The summed E-state index contributed by atoms with van der Waals surface area (Å²) in [7, 11) is 0. The van der Waals surface area contributed by atoms with Crippen LogP contribution in [-0.4, -0.2) is 46.1 Å². The third kappa shape index (κ3) is 6.11. The van der Waals surface area contributed by atoms with Gasteiger partial charge in [-0.1, -0.05) is 13.8 Å². The summed E-state index contributed by atoms with van der Waals surface area (Å²) in [6, 6.07) is 3.30.